The summed E-state index contributed by atoms with van der Waals surface area (Å²) < 4.78 is 14.9. The Kier molecular flexibility index (Phi) is 3.94. The molecule has 0 bridgehead atoms. The lowest BCUT2D eigenvalue weighted by Gasteiger charge is -2.09. The Hall–Kier alpha value is -1.55. The van der Waals surface area contributed by atoms with Crippen molar-refractivity contribution in [2.75, 3.05) is 13.9 Å². The van der Waals surface area contributed by atoms with E-state index in [9.17, 15) is 4.79 Å². The van der Waals surface area contributed by atoms with E-state index in [-0.39, 0.29) is 12.8 Å². The fourth-order valence-corrected chi connectivity index (χ4v) is 0.931. The first-order valence-corrected chi connectivity index (χ1v) is 4.13. The number of carbonyl (C=O) groups excluding carboxylic acids is 1. The minimum atomic E-state index is -0.376. The monoisotopic (exact) mass is 196 g/mol. The van der Waals surface area contributed by atoms with Crippen molar-refractivity contribution in [3.63, 3.8) is 0 Å². The SMILES string of the molecule is COCOc1ccccc1OC(C)=O. The standard InChI is InChI=1S/C10H12O4/c1-8(11)14-10-6-4-3-5-9(10)13-7-12-2/h3-6H,7H2,1-2H3. The van der Waals surface area contributed by atoms with E-state index in [0.717, 1.165) is 0 Å². The average Bonchev–Trinajstić information content (AvgIpc) is 2.16. The van der Waals surface area contributed by atoms with Crippen molar-refractivity contribution in [3.05, 3.63) is 24.3 Å². The first kappa shape index (κ1) is 10.5. The molecule has 0 spiro atoms. The summed E-state index contributed by atoms with van der Waals surface area (Å²) in [5.41, 5.74) is 0. The molecule has 1 aromatic carbocycles. The van der Waals surface area contributed by atoms with Gasteiger partial charge in [0.15, 0.2) is 18.3 Å². The zero-order valence-electron chi connectivity index (χ0n) is 8.15. The number of benzene rings is 1. The molecular weight excluding hydrogens is 184 g/mol. The Morgan fingerprint density at radius 2 is 1.93 bits per heavy atom. The number of hydrogen-bond acceptors (Lipinski definition) is 4. The number of esters is 1. The molecule has 76 valence electrons. The van der Waals surface area contributed by atoms with Gasteiger partial charge in [0.05, 0.1) is 0 Å². The van der Waals surface area contributed by atoms with Crippen LogP contribution in [0.3, 0.4) is 0 Å². The Morgan fingerprint density at radius 1 is 1.29 bits per heavy atom. The van der Waals surface area contributed by atoms with Gasteiger partial charge in [-0.05, 0) is 12.1 Å². The highest BCUT2D eigenvalue weighted by molar-refractivity contribution is 5.70. The molecule has 0 saturated carbocycles. The van der Waals surface area contributed by atoms with Gasteiger partial charge in [0.2, 0.25) is 0 Å². The molecule has 0 amide bonds. The van der Waals surface area contributed by atoms with Gasteiger partial charge in [-0.3, -0.25) is 4.79 Å². The second-order valence-corrected chi connectivity index (χ2v) is 2.59. The number of rotatable bonds is 4. The van der Waals surface area contributed by atoms with Crippen LogP contribution in [0.2, 0.25) is 0 Å². The lowest BCUT2D eigenvalue weighted by atomic mass is 10.3. The molecule has 0 atom stereocenters. The maximum atomic E-state index is 10.7. The Balaban J connectivity index is 2.74. The summed E-state index contributed by atoms with van der Waals surface area (Å²) in [4.78, 5) is 10.7. The second-order valence-electron chi connectivity index (χ2n) is 2.59. The Morgan fingerprint density at radius 3 is 2.50 bits per heavy atom. The van der Waals surface area contributed by atoms with E-state index < -0.39 is 0 Å². The molecule has 0 radical (unpaired) electrons. The predicted molar refractivity (Wildman–Crippen MR) is 50.3 cm³/mol. The summed E-state index contributed by atoms with van der Waals surface area (Å²) in [5.74, 6) is 0.514. The van der Waals surface area contributed by atoms with E-state index in [1.54, 1.807) is 24.3 Å². The first-order valence-electron chi connectivity index (χ1n) is 4.13. The molecule has 0 aliphatic heterocycles. The van der Waals surface area contributed by atoms with E-state index in [1.165, 1.54) is 14.0 Å². The predicted octanol–water partition coefficient (Wildman–Crippen LogP) is 1.59. The fraction of sp³-hybridized carbons (Fsp3) is 0.300. The lowest BCUT2D eigenvalue weighted by Crippen LogP contribution is -2.05. The number of methoxy groups -OCH3 is 1. The van der Waals surface area contributed by atoms with Gasteiger partial charge in [-0.1, -0.05) is 12.1 Å². The summed E-state index contributed by atoms with van der Waals surface area (Å²) in [5, 5.41) is 0. The maximum absolute atomic E-state index is 10.7. The van der Waals surface area contributed by atoms with Gasteiger partial charge in [-0.2, -0.15) is 0 Å². The van der Waals surface area contributed by atoms with Gasteiger partial charge in [-0.15, -0.1) is 0 Å². The second kappa shape index (κ2) is 5.24. The quantitative estimate of drug-likeness (QED) is 0.417. The molecule has 0 unspecified atom stereocenters. The summed E-state index contributed by atoms with van der Waals surface area (Å²) in [6.45, 7) is 1.46. The normalized spacial score (nSPS) is 9.57. The first-order chi connectivity index (χ1) is 6.74. The van der Waals surface area contributed by atoms with Crippen molar-refractivity contribution in [3.8, 4) is 11.5 Å². The van der Waals surface area contributed by atoms with E-state index in [1.807, 2.05) is 0 Å². The third kappa shape index (κ3) is 3.06. The Labute approximate surface area is 82.4 Å². The van der Waals surface area contributed by atoms with E-state index >= 15 is 0 Å². The van der Waals surface area contributed by atoms with Gasteiger partial charge in [0, 0.05) is 14.0 Å². The van der Waals surface area contributed by atoms with Gasteiger partial charge < -0.3 is 14.2 Å². The van der Waals surface area contributed by atoms with Gasteiger partial charge in [-0.25, -0.2) is 0 Å². The van der Waals surface area contributed by atoms with Crippen LogP contribution in [-0.4, -0.2) is 19.9 Å². The van der Waals surface area contributed by atoms with Crippen LogP contribution in [0, 0.1) is 0 Å². The zero-order valence-corrected chi connectivity index (χ0v) is 8.15. The number of carbonyl (C=O) groups is 1. The summed E-state index contributed by atoms with van der Waals surface area (Å²) in [7, 11) is 1.52. The van der Waals surface area contributed by atoms with E-state index in [0.29, 0.717) is 11.5 Å². The molecule has 1 aromatic rings. The smallest absolute Gasteiger partial charge is 0.308 e. The largest absolute Gasteiger partial charge is 0.464 e. The van der Waals surface area contributed by atoms with E-state index in [4.69, 9.17) is 14.2 Å². The lowest BCUT2D eigenvalue weighted by molar-refractivity contribution is -0.132. The summed E-state index contributed by atoms with van der Waals surface area (Å²) in [6.07, 6.45) is 0. The van der Waals surface area contributed by atoms with Crippen molar-refractivity contribution in [1.29, 1.82) is 0 Å². The van der Waals surface area contributed by atoms with E-state index in [2.05, 4.69) is 0 Å². The van der Waals surface area contributed by atoms with Crippen LogP contribution in [0.4, 0.5) is 0 Å². The van der Waals surface area contributed by atoms with Crippen molar-refractivity contribution in [1.82, 2.24) is 0 Å². The van der Waals surface area contributed by atoms with Crippen molar-refractivity contribution >= 4 is 5.97 Å². The number of para-hydroxylation sites is 2. The van der Waals surface area contributed by atoms with Crippen LogP contribution in [0.1, 0.15) is 6.92 Å². The summed E-state index contributed by atoms with van der Waals surface area (Å²) >= 11 is 0. The number of ether oxygens (including phenoxy) is 3. The number of hydrogen-bond donors (Lipinski definition) is 0. The molecule has 0 N–H and O–H groups in total. The third-order valence-electron chi connectivity index (χ3n) is 1.44. The van der Waals surface area contributed by atoms with Crippen LogP contribution in [0.15, 0.2) is 24.3 Å². The average molecular weight is 196 g/mol. The van der Waals surface area contributed by atoms with Crippen molar-refractivity contribution < 1.29 is 19.0 Å². The molecule has 0 aliphatic rings. The fourth-order valence-electron chi connectivity index (χ4n) is 0.931. The highest BCUT2D eigenvalue weighted by atomic mass is 16.7. The van der Waals surface area contributed by atoms with Crippen LogP contribution in [0.5, 0.6) is 11.5 Å². The van der Waals surface area contributed by atoms with Gasteiger partial charge in [0.1, 0.15) is 0 Å². The third-order valence-corrected chi connectivity index (χ3v) is 1.44. The van der Waals surface area contributed by atoms with Crippen LogP contribution >= 0.6 is 0 Å². The molecule has 4 heteroatoms. The molecule has 0 aromatic heterocycles. The Bertz CT molecular complexity index is 309. The van der Waals surface area contributed by atoms with Crippen molar-refractivity contribution in [2.45, 2.75) is 6.92 Å². The topological polar surface area (TPSA) is 44.8 Å². The van der Waals surface area contributed by atoms with Crippen molar-refractivity contribution in [2.24, 2.45) is 0 Å². The zero-order chi connectivity index (χ0) is 10.4. The molecule has 0 fully saturated rings. The van der Waals surface area contributed by atoms with Gasteiger partial charge in [0.25, 0.3) is 0 Å². The summed E-state index contributed by atoms with van der Waals surface area (Å²) in [6, 6.07) is 6.92. The maximum Gasteiger partial charge on any atom is 0.308 e. The molecule has 0 aliphatic carbocycles. The van der Waals surface area contributed by atoms with Crippen LogP contribution in [-0.2, 0) is 9.53 Å². The molecular formula is C10H12O4. The molecule has 0 heterocycles. The minimum absolute atomic E-state index is 0.123. The molecule has 4 nitrogen and oxygen atoms in total. The molecule has 0 saturated heterocycles. The van der Waals surface area contributed by atoms with Crippen LogP contribution < -0.4 is 9.47 Å². The van der Waals surface area contributed by atoms with Gasteiger partial charge >= 0.3 is 5.97 Å². The molecule has 14 heavy (non-hydrogen) atoms. The molecule has 1 rings (SSSR count). The van der Waals surface area contributed by atoms with Crippen LogP contribution in [0.25, 0.3) is 0 Å². The minimum Gasteiger partial charge on any atom is -0.464 e. The highest BCUT2D eigenvalue weighted by Crippen LogP contribution is 2.26. The highest BCUT2D eigenvalue weighted by Gasteiger charge is 2.05.